The number of alkyl halides is 3. The van der Waals surface area contributed by atoms with Gasteiger partial charge in [-0.3, -0.25) is 15.5 Å². The van der Waals surface area contributed by atoms with Crippen molar-refractivity contribution in [2.45, 2.75) is 6.18 Å². The minimum atomic E-state index is -4.70. The number of benzene rings is 2. The molecule has 0 atom stereocenters. The second-order valence-corrected chi connectivity index (χ2v) is 5.82. The van der Waals surface area contributed by atoms with Crippen LogP contribution in [0.5, 0.6) is 11.5 Å². The Balaban J connectivity index is 2.31. The molecule has 0 aliphatic carbocycles. The molecule has 0 spiro atoms. The van der Waals surface area contributed by atoms with E-state index in [9.17, 15) is 28.4 Å². The van der Waals surface area contributed by atoms with Crippen LogP contribution in [0.4, 0.5) is 24.5 Å². The highest BCUT2D eigenvalue weighted by atomic mass is 79.9. The summed E-state index contributed by atoms with van der Waals surface area (Å²) in [6.07, 6.45) is -3.56. The standard InChI is InChI=1S/C15H11BrF3N3O4/c1-26-13-6-10(16)4-8(14(13)23)7-20-21-11-3-2-9(15(17,18)19)5-12(11)22(24)25/h2-7,21,23H,1H3/b20-7-. The SMILES string of the molecule is COc1cc(Br)cc(/C=N\Nc2ccc(C(F)(F)F)cc2[N+](=O)[O-])c1O. The molecule has 0 bridgehead atoms. The summed E-state index contributed by atoms with van der Waals surface area (Å²) in [5.41, 5.74) is 0.355. The summed E-state index contributed by atoms with van der Waals surface area (Å²) in [6, 6.07) is 5.03. The fourth-order valence-electron chi connectivity index (χ4n) is 1.97. The number of anilines is 1. The van der Waals surface area contributed by atoms with E-state index in [4.69, 9.17) is 4.74 Å². The number of hydrogen-bond acceptors (Lipinski definition) is 6. The average Bonchev–Trinajstić information content (AvgIpc) is 2.56. The van der Waals surface area contributed by atoms with Crippen LogP contribution in [0.1, 0.15) is 11.1 Å². The zero-order valence-corrected chi connectivity index (χ0v) is 14.6. The number of rotatable bonds is 5. The molecule has 0 unspecified atom stereocenters. The van der Waals surface area contributed by atoms with Gasteiger partial charge >= 0.3 is 6.18 Å². The van der Waals surface area contributed by atoms with E-state index in [1.807, 2.05) is 0 Å². The van der Waals surface area contributed by atoms with Crippen LogP contribution in [-0.2, 0) is 6.18 Å². The first-order valence-electron chi connectivity index (χ1n) is 6.84. The molecule has 138 valence electrons. The molecule has 0 fully saturated rings. The lowest BCUT2D eigenvalue weighted by molar-refractivity contribution is -0.384. The van der Waals surface area contributed by atoms with Crippen LogP contribution in [0.25, 0.3) is 0 Å². The van der Waals surface area contributed by atoms with Crippen molar-refractivity contribution < 1.29 is 27.9 Å². The van der Waals surface area contributed by atoms with Crippen LogP contribution in [0.2, 0.25) is 0 Å². The summed E-state index contributed by atoms with van der Waals surface area (Å²) in [5, 5.41) is 24.7. The number of halogens is 4. The first kappa shape index (κ1) is 19.5. The van der Waals surface area contributed by atoms with Gasteiger partial charge in [0, 0.05) is 16.1 Å². The van der Waals surface area contributed by atoms with Gasteiger partial charge in [0.25, 0.3) is 5.69 Å². The quantitative estimate of drug-likeness (QED) is 0.409. The summed E-state index contributed by atoms with van der Waals surface area (Å²) in [7, 11) is 1.35. The first-order chi connectivity index (χ1) is 12.1. The Bertz CT molecular complexity index is 872. The van der Waals surface area contributed by atoms with E-state index >= 15 is 0 Å². The Morgan fingerprint density at radius 2 is 2.04 bits per heavy atom. The number of nitrogens with one attached hydrogen (secondary N) is 1. The van der Waals surface area contributed by atoms with Crippen LogP contribution in [0, 0.1) is 10.1 Å². The Hall–Kier alpha value is -2.82. The zero-order valence-electron chi connectivity index (χ0n) is 13.0. The van der Waals surface area contributed by atoms with Gasteiger partial charge in [0.15, 0.2) is 11.5 Å². The van der Waals surface area contributed by atoms with Gasteiger partial charge < -0.3 is 9.84 Å². The average molecular weight is 434 g/mol. The van der Waals surface area contributed by atoms with Gasteiger partial charge in [0.1, 0.15) is 5.69 Å². The molecule has 0 amide bonds. The van der Waals surface area contributed by atoms with Crippen molar-refractivity contribution in [1.29, 1.82) is 0 Å². The number of phenols is 1. The third kappa shape index (κ3) is 4.42. The Morgan fingerprint density at radius 3 is 2.62 bits per heavy atom. The van der Waals surface area contributed by atoms with Gasteiger partial charge in [-0.2, -0.15) is 18.3 Å². The van der Waals surface area contributed by atoms with E-state index in [0.29, 0.717) is 16.6 Å². The van der Waals surface area contributed by atoms with Gasteiger partial charge in [-0.05, 0) is 24.3 Å². The summed E-state index contributed by atoms with van der Waals surface area (Å²) in [5.74, 6) is -0.0514. The maximum absolute atomic E-state index is 12.7. The molecule has 2 aromatic carbocycles. The predicted molar refractivity (Wildman–Crippen MR) is 91.7 cm³/mol. The van der Waals surface area contributed by atoms with Crippen LogP contribution < -0.4 is 10.2 Å². The summed E-state index contributed by atoms with van der Waals surface area (Å²) >= 11 is 3.21. The van der Waals surface area contributed by atoms with Crippen LogP contribution >= 0.6 is 15.9 Å². The third-order valence-corrected chi connectivity index (χ3v) is 3.66. The lowest BCUT2D eigenvalue weighted by Gasteiger charge is -2.09. The normalized spacial score (nSPS) is 11.6. The second-order valence-electron chi connectivity index (χ2n) is 4.90. The number of methoxy groups -OCH3 is 1. The highest BCUT2D eigenvalue weighted by molar-refractivity contribution is 9.10. The number of hydrogen-bond donors (Lipinski definition) is 2. The monoisotopic (exact) mass is 433 g/mol. The molecule has 0 saturated heterocycles. The fraction of sp³-hybridized carbons (Fsp3) is 0.133. The smallest absolute Gasteiger partial charge is 0.416 e. The number of nitro groups is 1. The number of aromatic hydroxyl groups is 1. The molecular weight excluding hydrogens is 423 g/mol. The molecule has 0 saturated carbocycles. The van der Waals surface area contributed by atoms with Crippen molar-refractivity contribution in [2.24, 2.45) is 5.10 Å². The van der Waals surface area contributed by atoms with Gasteiger partial charge in [-0.25, -0.2) is 0 Å². The summed E-state index contributed by atoms with van der Waals surface area (Å²) < 4.78 is 43.6. The van der Waals surface area contributed by atoms with E-state index in [0.717, 1.165) is 12.3 Å². The molecule has 0 radical (unpaired) electrons. The molecule has 26 heavy (non-hydrogen) atoms. The van der Waals surface area contributed by atoms with E-state index in [1.54, 1.807) is 0 Å². The number of nitrogens with zero attached hydrogens (tertiary/aromatic N) is 2. The molecule has 7 nitrogen and oxygen atoms in total. The molecule has 2 N–H and O–H groups in total. The van der Waals surface area contributed by atoms with Gasteiger partial charge in [-0.15, -0.1) is 0 Å². The second kappa shape index (κ2) is 7.60. The minimum Gasteiger partial charge on any atom is -0.504 e. The summed E-state index contributed by atoms with van der Waals surface area (Å²) in [6.45, 7) is 0. The Labute approximate surface area is 153 Å². The van der Waals surface area contributed by atoms with Crippen molar-refractivity contribution >= 4 is 33.5 Å². The molecular formula is C15H11BrF3N3O4. The van der Waals surface area contributed by atoms with Crippen molar-refractivity contribution in [1.82, 2.24) is 0 Å². The highest BCUT2D eigenvalue weighted by Gasteiger charge is 2.33. The lowest BCUT2D eigenvalue weighted by Crippen LogP contribution is -2.06. The maximum atomic E-state index is 12.7. The molecule has 0 aliphatic rings. The topological polar surface area (TPSA) is 97.0 Å². The molecule has 0 aliphatic heterocycles. The van der Waals surface area contributed by atoms with E-state index in [2.05, 4.69) is 26.5 Å². The largest absolute Gasteiger partial charge is 0.504 e. The molecule has 2 aromatic rings. The van der Waals surface area contributed by atoms with Crippen molar-refractivity contribution in [3.05, 3.63) is 56.0 Å². The predicted octanol–water partition coefficient (Wildman–Crippen LogP) is 4.54. The van der Waals surface area contributed by atoms with Crippen LogP contribution in [-0.4, -0.2) is 23.4 Å². The number of hydrazone groups is 1. The van der Waals surface area contributed by atoms with Crippen LogP contribution in [0.3, 0.4) is 0 Å². The first-order valence-corrected chi connectivity index (χ1v) is 7.64. The molecule has 0 heterocycles. The number of ether oxygens (including phenoxy) is 1. The zero-order chi connectivity index (χ0) is 19.5. The van der Waals surface area contributed by atoms with Gasteiger partial charge in [0.2, 0.25) is 0 Å². The lowest BCUT2D eigenvalue weighted by atomic mass is 10.1. The van der Waals surface area contributed by atoms with E-state index in [1.165, 1.54) is 19.2 Å². The van der Waals surface area contributed by atoms with Crippen molar-refractivity contribution in [3.8, 4) is 11.5 Å². The Kier molecular flexibility index (Phi) is 5.70. The van der Waals surface area contributed by atoms with E-state index in [-0.39, 0.29) is 22.7 Å². The van der Waals surface area contributed by atoms with Crippen LogP contribution in [0.15, 0.2) is 39.9 Å². The number of phenolic OH excluding ortho intramolecular Hbond substituents is 1. The van der Waals surface area contributed by atoms with Gasteiger partial charge in [0.05, 0.1) is 23.8 Å². The Morgan fingerprint density at radius 1 is 1.35 bits per heavy atom. The molecule has 11 heteroatoms. The minimum absolute atomic E-state index is 0.168. The van der Waals surface area contributed by atoms with Crippen molar-refractivity contribution in [2.75, 3.05) is 12.5 Å². The maximum Gasteiger partial charge on any atom is 0.416 e. The summed E-state index contributed by atoms with van der Waals surface area (Å²) in [4.78, 5) is 10.0. The molecule has 0 aromatic heterocycles. The van der Waals surface area contributed by atoms with Gasteiger partial charge in [-0.1, -0.05) is 15.9 Å². The fourth-order valence-corrected chi connectivity index (χ4v) is 2.43. The third-order valence-electron chi connectivity index (χ3n) is 3.20. The molecule has 2 rings (SSSR count). The van der Waals surface area contributed by atoms with Crippen molar-refractivity contribution in [3.63, 3.8) is 0 Å². The highest BCUT2D eigenvalue weighted by Crippen LogP contribution is 2.35. The van der Waals surface area contributed by atoms with E-state index < -0.39 is 22.4 Å². The number of nitro benzene ring substituents is 1.